The molecule has 1 saturated carbocycles. The molecule has 2 nitrogen and oxygen atoms in total. The lowest BCUT2D eigenvalue weighted by molar-refractivity contribution is -0.107. The summed E-state index contributed by atoms with van der Waals surface area (Å²) in [5, 5.41) is 0. The monoisotopic (exact) mass is 207 g/mol. The molecule has 1 fully saturated rings. The molecule has 0 radical (unpaired) electrons. The summed E-state index contributed by atoms with van der Waals surface area (Å²) in [4.78, 5) is 10.2. The fourth-order valence-electron chi connectivity index (χ4n) is 1.57. The van der Waals surface area contributed by atoms with E-state index in [1.54, 1.807) is 11.9 Å². The van der Waals surface area contributed by atoms with Crippen molar-refractivity contribution < 1.29 is 4.79 Å². The van der Waals surface area contributed by atoms with Crippen LogP contribution in [0.1, 0.15) is 18.4 Å². The van der Waals surface area contributed by atoms with Crippen LogP contribution >= 0.6 is 11.9 Å². The third-order valence-electron chi connectivity index (χ3n) is 2.50. The van der Waals surface area contributed by atoms with Crippen LogP contribution in [0.2, 0.25) is 0 Å². The molecule has 74 valence electrons. The average Bonchev–Trinajstić information content (AvgIpc) is 2.97. The topological polar surface area (TPSA) is 29.1 Å². The van der Waals surface area contributed by atoms with Gasteiger partial charge in [-0.25, -0.2) is 0 Å². The molecule has 0 unspecified atom stereocenters. The van der Waals surface area contributed by atoms with E-state index in [0.29, 0.717) is 0 Å². The molecule has 14 heavy (non-hydrogen) atoms. The molecule has 0 aromatic heterocycles. The summed E-state index contributed by atoms with van der Waals surface area (Å²) in [6.45, 7) is 0. The third kappa shape index (κ3) is 2.29. The molecule has 1 N–H and O–H groups in total. The van der Waals surface area contributed by atoms with Gasteiger partial charge in [-0.15, -0.1) is 0 Å². The number of carbonyl (C=O) groups excluding carboxylic acids is 1. The van der Waals surface area contributed by atoms with E-state index in [9.17, 15) is 4.79 Å². The van der Waals surface area contributed by atoms with Crippen LogP contribution in [0.4, 0.5) is 0 Å². The first-order valence-electron chi connectivity index (χ1n) is 4.76. The Kier molecular flexibility index (Phi) is 2.77. The highest BCUT2D eigenvalue weighted by Crippen LogP contribution is 2.49. The second-order valence-corrected chi connectivity index (χ2v) is 4.99. The molecule has 1 aliphatic carbocycles. The molecule has 1 amide bonds. The number of rotatable bonds is 5. The Morgan fingerprint density at radius 2 is 2.07 bits per heavy atom. The second kappa shape index (κ2) is 4.05. The Morgan fingerprint density at radius 3 is 2.64 bits per heavy atom. The Hall–Kier alpha value is -0.960. The SMILES string of the molecule is O=CNSC1(Cc2ccccc2)CC1. The van der Waals surface area contributed by atoms with E-state index >= 15 is 0 Å². The minimum atomic E-state index is 0.280. The quantitative estimate of drug-likeness (QED) is 0.592. The number of nitrogens with one attached hydrogen (secondary N) is 1. The lowest BCUT2D eigenvalue weighted by Crippen LogP contribution is -2.14. The minimum Gasteiger partial charge on any atom is -0.302 e. The molecule has 0 spiro atoms. The fourth-order valence-corrected chi connectivity index (χ4v) is 2.41. The Bertz CT molecular complexity index is 308. The van der Waals surface area contributed by atoms with Gasteiger partial charge < -0.3 is 4.72 Å². The molecule has 0 aliphatic heterocycles. The van der Waals surface area contributed by atoms with Gasteiger partial charge in [-0.3, -0.25) is 4.79 Å². The average molecular weight is 207 g/mol. The molecule has 0 atom stereocenters. The van der Waals surface area contributed by atoms with E-state index in [4.69, 9.17) is 0 Å². The highest BCUT2D eigenvalue weighted by Gasteiger charge is 2.43. The maximum atomic E-state index is 10.2. The number of hydrogen-bond acceptors (Lipinski definition) is 2. The van der Waals surface area contributed by atoms with E-state index in [1.807, 2.05) is 6.07 Å². The van der Waals surface area contributed by atoms with Crippen molar-refractivity contribution in [1.82, 2.24) is 4.72 Å². The zero-order valence-electron chi connectivity index (χ0n) is 7.90. The van der Waals surface area contributed by atoms with Crippen LogP contribution < -0.4 is 4.72 Å². The van der Waals surface area contributed by atoms with Gasteiger partial charge in [-0.1, -0.05) is 30.3 Å². The second-order valence-electron chi connectivity index (χ2n) is 3.68. The van der Waals surface area contributed by atoms with Crippen LogP contribution in [0, 0.1) is 0 Å². The molecule has 3 heteroatoms. The molecule has 1 aliphatic rings. The lowest BCUT2D eigenvalue weighted by atomic mass is 10.1. The molecular weight excluding hydrogens is 194 g/mol. The summed E-state index contributed by atoms with van der Waals surface area (Å²) in [5.74, 6) is 0. The molecule has 1 aromatic rings. The number of benzene rings is 1. The highest BCUT2D eigenvalue weighted by atomic mass is 32.2. The first-order valence-corrected chi connectivity index (χ1v) is 5.57. The zero-order valence-corrected chi connectivity index (χ0v) is 8.72. The van der Waals surface area contributed by atoms with Crippen molar-refractivity contribution in [2.75, 3.05) is 0 Å². The van der Waals surface area contributed by atoms with Gasteiger partial charge in [0.15, 0.2) is 0 Å². The van der Waals surface area contributed by atoms with Gasteiger partial charge in [0.2, 0.25) is 6.41 Å². The van der Waals surface area contributed by atoms with Gasteiger partial charge in [0.05, 0.1) is 0 Å². The highest BCUT2D eigenvalue weighted by molar-refractivity contribution is 7.99. The fraction of sp³-hybridized carbons (Fsp3) is 0.364. The van der Waals surface area contributed by atoms with Crippen molar-refractivity contribution in [3.05, 3.63) is 35.9 Å². The predicted molar refractivity (Wildman–Crippen MR) is 58.9 cm³/mol. The summed E-state index contributed by atoms with van der Waals surface area (Å²) >= 11 is 1.57. The van der Waals surface area contributed by atoms with Crippen LogP contribution in [-0.2, 0) is 11.2 Å². The summed E-state index contributed by atoms with van der Waals surface area (Å²) in [5.41, 5.74) is 1.35. The van der Waals surface area contributed by atoms with Gasteiger partial charge in [-0.2, -0.15) is 0 Å². The predicted octanol–water partition coefficient (Wildman–Crippen LogP) is 2.16. The Balaban J connectivity index is 1.94. The molecule has 2 rings (SSSR count). The molecule has 0 heterocycles. The van der Waals surface area contributed by atoms with E-state index in [-0.39, 0.29) is 4.75 Å². The minimum absolute atomic E-state index is 0.280. The maximum Gasteiger partial charge on any atom is 0.216 e. The molecule has 0 bridgehead atoms. The van der Waals surface area contributed by atoms with E-state index in [1.165, 1.54) is 18.4 Å². The molecule has 0 saturated heterocycles. The number of carbonyl (C=O) groups is 1. The van der Waals surface area contributed by atoms with Gasteiger partial charge in [-0.05, 0) is 36.8 Å². The van der Waals surface area contributed by atoms with Crippen molar-refractivity contribution in [3.8, 4) is 0 Å². The summed E-state index contributed by atoms with van der Waals surface area (Å²) in [7, 11) is 0. The third-order valence-corrected chi connectivity index (χ3v) is 3.70. The van der Waals surface area contributed by atoms with Gasteiger partial charge >= 0.3 is 0 Å². The van der Waals surface area contributed by atoms with Crippen LogP contribution in [0.5, 0.6) is 0 Å². The number of hydrogen-bond donors (Lipinski definition) is 1. The van der Waals surface area contributed by atoms with Crippen LogP contribution in [-0.4, -0.2) is 11.2 Å². The van der Waals surface area contributed by atoms with Crippen molar-refractivity contribution in [2.24, 2.45) is 0 Å². The van der Waals surface area contributed by atoms with Crippen LogP contribution in [0.25, 0.3) is 0 Å². The van der Waals surface area contributed by atoms with Gasteiger partial charge in [0, 0.05) is 4.75 Å². The van der Waals surface area contributed by atoms with Crippen molar-refractivity contribution in [2.45, 2.75) is 24.0 Å². The largest absolute Gasteiger partial charge is 0.302 e. The van der Waals surface area contributed by atoms with Crippen LogP contribution in [0.3, 0.4) is 0 Å². The van der Waals surface area contributed by atoms with Crippen molar-refractivity contribution >= 4 is 18.4 Å². The maximum absolute atomic E-state index is 10.2. The van der Waals surface area contributed by atoms with Crippen molar-refractivity contribution in [3.63, 3.8) is 0 Å². The normalized spacial score (nSPS) is 17.4. The summed E-state index contributed by atoms with van der Waals surface area (Å²) in [6, 6.07) is 10.4. The first-order chi connectivity index (χ1) is 6.85. The summed E-state index contributed by atoms with van der Waals surface area (Å²) in [6.07, 6.45) is 4.22. The van der Waals surface area contributed by atoms with Crippen molar-refractivity contribution in [1.29, 1.82) is 0 Å². The summed E-state index contributed by atoms with van der Waals surface area (Å²) < 4.78 is 2.99. The first kappa shape index (κ1) is 9.59. The lowest BCUT2D eigenvalue weighted by Gasteiger charge is -2.12. The smallest absolute Gasteiger partial charge is 0.216 e. The Labute approximate surface area is 88.2 Å². The standard InChI is InChI=1S/C11H13NOS/c13-9-12-14-11(6-7-11)8-10-4-2-1-3-5-10/h1-5,9H,6-8H2,(H,12,13). The van der Waals surface area contributed by atoms with Gasteiger partial charge in [0.1, 0.15) is 0 Å². The molecule has 1 aromatic carbocycles. The van der Waals surface area contributed by atoms with Gasteiger partial charge in [0.25, 0.3) is 0 Å². The zero-order chi connectivity index (χ0) is 9.86. The number of amides is 1. The van der Waals surface area contributed by atoms with E-state index in [0.717, 1.165) is 12.8 Å². The van der Waals surface area contributed by atoms with E-state index in [2.05, 4.69) is 29.0 Å². The van der Waals surface area contributed by atoms with E-state index < -0.39 is 0 Å². The molecular formula is C11H13NOS. The Morgan fingerprint density at radius 1 is 1.36 bits per heavy atom. The van der Waals surface area contributed by atoms with Crippen LogP contribution in [0.15, 0.2) is 30.3 Å².